The Labute approximate surface area is 867 Å². The molecule has 5 aromatic carbocycles. The lowest BCUT2D eigenvalue weighted by atomic mass is 9.94. The molecule has 4 atom stereocenters. The van der Waals surface area contributed by atoms with Gasteiger partial charge < -0.3 is 56.9 Å². The Bertz CT molecular complexity index is 8000. The van der Waals surface area contributed by atoms with E-state index in [0.717, 1.165) is 224 Å². The van der Waals surface area contributed by atoms with Crippen molar-refractivity contribution >= 4 is 29.1 Å². The van der Waals surface area contributed by atoms with E-state index in [1.165, 1.54) is 5.56 Å². The van der Waals surface area contributed by atoms with E-state index in [1.54, 1.807) is 31.0 Å². The zero-order valence-corrected chi connectivity index (χ0v) is 86.6. The van der Waals surface area contributed by atoms with E-state index < -0.39 is 0 Å². The van der Waals surface area contributed by atoms with Crippen molar-refractivity contribution in [2.75, 3.05) is 28.7 Å². The number of ether oxygens (including phenoxy) is 5. The number of benzene rings is 5. The normalized spacial score (nSPS) is 14.7. The van der Waals surface area contributed by atoms with E-state index in [-0.39, 0.29) is 30.2 Å². The van der Waals surface area contributed by atoms with Crippen LogP contribution < -0.4 is 52.4 Å². The van der Waals surface area contributed by atoms with Gasteiger partial charge in [-0.15, -0.1) is 0 Å². The summed E-state index contributed by atoms with van der Waals surface area (Å²) >= 11 is 0. The minimum Gasteiger partial charge on any atom is -0.485 e. The van der Waals surface area contributed by atoms with Crippen LogP contribution in [0.25, 0.3) is 96.1 Å². The molecule has 0 aliphatic carbocycles. The number of imidazole rings is 1. The molecular weight excluding hydrogens is 1880 g/mol. The average molecular weight is 2000 g/mol. The smallest absolute Gasteiger partial charge is 0.258 e. The molecule has 0 saturated heterocycles. The van der Waals surface area contributed by atoms with Crippen molar-refractivity contribution in [1.82, 2.24) is 127 Å². The van der Waals surface area contributed by atoms with Crippen molar-refractivity contribution in [3.05, 3.63) is 339 Å². The number of anilines is 5. The van der Waals surface area contributed by atoms with Gasteiger partial charge in [-0.2, -0.15) is 45.9 Å². The molecule has 10 bridgehead atoms. The van der Waals surface area contributed by atoms with Crippen LogP contribution in [0.5, 0.6) is 28.9 Å². The minimum atomic E-state index is -0.278. The summed E-state index contributed by atoms with van der Waals surface area (Å²) in [5, 5.41) is 41.4. The lowest BCUT2D eigenvalue weighted by molar-refractivity contribution is 0.219. The SMILES string of the molecule is CCn1ncc2c1-c1cnc(N)c(c1)OC(C)c1cc(C)ccc1-n1nccc1C2.CCn1ncc2c1-c1cnc(N)c(c1)OCc1cc(C)ccc1-c1nccn1C2.CCn1ncc2c1-c1cnc(N)c(c1)O[C@@H](C)c1cc(C)ccc1-n1nccc1C2.CCn1ncc2c1-c1cnc(N)c(c1)O[C@H](C)c1cc(C)ccc1-n1nccc1C2.CCn1ncc2c1-c1cnc(N)c(n1)OC(C)c1cc(C)ccc1-c1c(cnn1C)C2. The number of nitrogens with zero attached hydrogens (tertiary/aromatic N) is 26. The van der Waals surface area contributed by atoms with Gasteiger partial charge >= 0.3 is 0 Å². The van der Waals surface area contributed by atoms with Gasteiger partial charge in [-0.05, 0) is 158 Å². The maximum absolute atomic E-state index is 6.34. The van der Waals surface area contributed by atoms with Gasteiger partial charge in [-0.3, -0.25) is 28.1 Å². The van der Waals surface area contributed by atoms with Crippen LogP contribution in [0.15, 0.2) is 233 Å². The van der Waals surface area contributed by atoms with Crippen LogP contribution in [0, 0.1) is 34.6 Å². The summed E-state index contributed by atoms with van der Waals surface area (Å²) in [4.78, 5) is 31.4. The molecule has 0 fully saturated rings. The number of rotatable bonds is 5. The molecule has 20 aromatic rings. The second-order valence-electron chi connectivity index (χ2n) is 38.2. The first-order valence-corrected chi connectivity index (χ1v) is 50.6. The Kier molecular flexibility index (Phi) is 26.8. The third-order valence-electron chi connectivity index (χ3n) is 28.0. The summed E-state index contributed by atoms with van der Waals surface area (Å²) in [7, 11) is 1.97. The number of hydrogen-bond donors (Lipinski definition) is 5. The predicted molar refractivity (Wildman–Crippen MR) is 577 cm³/mol. The number of aromatic nitrogens is 26. The maximum Gasteiger partial charge on any atom is 0.258 e. The summed E-state index contributed by atoms with van der Waals surface area (Å²) in [5.41, 5.74) is 67.5. The van der Waals surface area contributed by atoms with Crippen molar-refractivity contribution in [2.45, 2.75) is 193 Å². The molecule has 5 aliphatic rings. The molecule has 20 heterocycles. The first-order chi connectivity index (χ1) is 72.7. The fraction of sp³-hybridized carbons (Fsp3) is 0.263. The highest BCUT2D eigenvalue weighted by Gasteiger charge is 2.32. The molecule has 36 heteroatoms. The van der Waals surface area contributed by atoms with Crippen molar-refractivity contribution in [1.29, 1.82) is 0 Å². The molecule has 36 nitrogen and oxygen atoms in total. The molecule has 0 spiro atoms. The van der Waals surface area contributed by atoms with Crippen LogP contribution in [0.1, 0.15) is 193 Å². The summed E-state index contributed by atoms with van der Waals surface area (Å²) in [6.07, 6.45) is 31.6. The highest BCUT2D eigenvalue weighted by molar-refractivity contribution is 5.75. The van der Waals surface area contributed by atoms with Gasteiger partial charge in [-0.1, -0.05) is 101 Å². The number of fused-ring (bicyclic) bond motifs is 35. The molecule has 0 amide bonds. The standard InChI is InChI=1S/C23H25N7O.3C23H24N6O.C22H22N6O/c1-5-30-21-16(11-27-30)9-15-10-26-29(4)20(15)17-7-6-13(2)8-18(17)14(3)31-23-22(24)25-12-19(21)28-23;3*1-4-28-22-16(13-27-28)10-18-7-8-26-29(18)20-6-5-14(2)9-19(20)15(3)30-21-11-17(22)12-25-23(21)24;1-3-28-20-15-9-19(21(23)25-10-15)29-13-16-8-14(2)4-5-18(16)22-24-6-7-27(22)12-17(20)11-26-28/h6-8,10-12,14H,5,9H2,1-4H3,(H2,24,25);3*5-9,11-13,15H,4,10H2,1-3H3,(H2,24,25);4-11H,3,12-13H2,1-2H3,(H2,23,25)/t;2*15-;;/m.10../s1. The Morgan fingerprint density at radius 1 is 0.313 bits per heavy atom. The van der Waals surface area contributed by atoms with Crippen molar-refractivity contribution < 1.29 is 23.7 Å². The van der Waals surface area contributed by atoms with Crippen LogP contribution in [0.3, 0.4) is 0 Å². The van der Waals surface area contributed by atoms with Gasteiger partial charge in [0.2, 0.25) is 0 Å². The molecule has 0 radical (unpaired) electrons. The molecule has 10 N–H and O–H groups in total. The zero-order valence-electron chi connectivity index (χ0n) is 86.6. The second-order valence-corrected chi connectivity index (χ2v) is 38.2. The fourth-order valence-electron chi connectivity index (χ4n) is 20.6. The van der Waals surface area contributed by atoms with Gasteiger partial charge in [0, 0.05) is 233 Å². The van der Waals surface area contributed by atoms with Gasteiger partial charge in [0.1, 0.15) is 42.5 Å². The first kappa shape index (κ1) is 97.9. The molecule has 25 rings (SSSR count). The van der Waals surface area contributed by atoms with Crippen molar-refractivity contribution in [2.24, 2.45) is 7.05 Å². The number of nitrogens with two attached hydrogens (primary N) is 5. The minimum absolute atomic E-state index is 0.230. The number of hydrogen-bond acceptors (Lipinski definition) is 26. The van der Waals surface area contributed by atoms with Crippen molar-refractivity contribution in [3.63, 3.8) is 0 Å². The molecule has 5 aliphatic heterocycles. The molecular formula is C114H119N31O5. The molecule has 0 saturated carbocycles. The second kappa shape index (κ2) is 41.1. The van der Waals surface area contributed by atoms with E-state index in [9.17, 15) is 0 Å². The van der Waals surface area contributed by atoms with Gasteiger partial charge in [0.25, 0.3) is 5.88 Å². The predicted octanol–water partition coefficient (Wildman–Crippen LogP) is 19.6. The Balaban J connectivity index is 0.000000109. The Hall–Kier alpha value is -18.1. The lowest BCUT2D eigenvalue weighted by Gasteiger charge is -2.22. The van der Waals surface area contributed by atoms with E-state index in [1.807, 2.05) is 169 Å². The number of aryl methyl sites for hydroxylation is 11. The third-order valence-corrected chi connectivity index (χ3v) is 28.0. The topological polar surface area (TPSA) is 432 Å². The van der Waals surface area contributed by atoms with Crippen LogP contribution >= 0.6 is 0 Å². The van der Waals surface area contributed by atoms with Crippen molar-refractivity contribution in [3.8, 4) is 125 Å². The van der Waals surface area contributed by atoms with Crippen LogP contribution in [-0.2, 0) is 78.6 Å². The van der Waals surface area contributed by atoms with E-state index in [4.69, 9.17) is 57.3 Å². The third kappa shape index (κ3) is 19.0. The Morgan fingerprint density at radius 2 is 0.667 bits per heavy atom. The summed E-state index contributed by atoms with van der Waals surface area (Å²) < 4.78 is 51.4. The first-order valence-electron chi connectivity index (χ1n) is 50.6. The largest absolute Gasteiger partial charge is 0.485 e. The number of nitrogen functional groups attached to an aromatic ring is 5. The maximum atomic E-state index is 6.34. The van der Waals surface area contributed by atoms with E-state index in [0.29, 0.717) is 96.7 Å². The van der Waals surface area contributed by atoms with Gasteiger partial charge in [-0.25, -0.2) is 48.9 Å². The molecule has 150 heavy (non-hydrogen) atoms. The lowest BCUT2D eigenvalue weighted by Crippen LogP contribution is -2.13. The highest BCUT2D eigenvalue weighted by Crippen LogP contribution is 2.45. The van der Waals surface area contributed by atoms with E-state index >= 15 is 0 Å². The van der Waals surface area contributed by atoms with Crippen LogP contribution in [0.2, 0.25) is 0 Å². The fourth-order valence-corrected chi connectivity index (χ4v) is 20.6. The summed E-state index contributed by atoms with van der Waals surface area (Å²) in [6.45, 7) is 33.7. The highest BCUT2D eigenvalue weighted by atomic mass is 16.5. The van der Waals surface area contributed by atoms with E-state index in [2.05, 4.69) is 259 Å². The van der Waals surface area contributed by atoms with Crippen LogP contribution in [-0.4, -0.2) is 127 Å². The molecule has 760 valence electrons. The quantitative estimate of drug-likeness (QED) is 0.107. The molecule has 2 unspecified atom stereocenters. The average Bonchev–Trinajstić information content (AvgIpc) is 1.60. The zero-order chi connectivity index (χ0) is 104. The summed E-state index contributed by atoms with van der Waals surface area (Å²) in [5.74, 6) is 5.32. The Morgan fingerprint density at radius 3 is 1.11 bits per heavy atom. The van der Waals surface area contributed by atoms with Gasteiger partial charge in [0.15, 0.2) is 52.1 Å². The monoisotopic (exact) mass is 2000 g/mol. The van der Waals surface area contributed by atoms with Gasteiger partial charge in [0.05, 0.1) is 101 Å². The van der Waals surface area contributed by atoms with Crippen LogP contribution in [0.4, 0.5) is 29.1 Å². The molecule has 15 aromatic heterocycles. The number of pyridine rings is 4. The summed E-state index contributed by atoms with van der Waals surface area (Å²) in [6, 6.07) is 45.8.